The van der Waals surface area contributed by atoms with Gasteiger partial charge >= 0.3 is 0 Å². The monoisotopic (exact) mass is 348 g/mol. The van der Waals surface area contributed by atoms with Crippen LogP contribution in [0.25, 0.3) is 0 Å². The molecule has 0 unspecified atom stereocenters. The Morgan fingerprint density at radius 3 is 2.76 bits per heavy atom. The second kappa shape index (κ2) is 11.2. The maximum Gasteiger partial charge on any atom is 0.224 e. The molecule has 1 aromatic rings. The van der Waals surface area contributed by atoms with Gasteiger partial charge in [0.05, 0.1) is 19.8 Å². The average molecular weight is 348 g/mol. The molecule has 0 spiro atoms. The summed E-state index contributed by atoms with van der Waals surface area (Å²) in [5, 5.41) is 6.43. The number of hydrogen-bond acceptors (Lipinski definition) is 4. The van der Waals surface area contributed by atoms with Gasteiger partial charge in [0, 0.05) is 18.7 Å². The van der Waals surface area contributed by atoms with E-state index in [1.54, 1.807) is 0 Å². The molecule has 0 radical (unpaired) electrons. The summed E-state index contributed by atoms with van der Waals surface area (Å²) in [7, 11) is 0. The zero-order valence-corrected chi connectivity index (χ0v) is 15.6. The quantitative estimate of drug-likeness (QED) is 0.637. The van der Waals surface area contributed by atoms with E-state index < -0.39 is 0 Å². The molecule has 1 aromatic carbocycles. The van der Waals surface area contributed by atoms with Crippen LogP contribution < -0.4 is 10.6 Å². The van der Waals surface area contributed by atoms with E-state index in [9.17, 15) is 4.79 Å². The highest BCUT2D eigenvalue weighted by Gasteiger charge is 2.15. The summed E-state index contributed by atoms with van der Waals surface area (Å²) < 4.78 is 10.9. The van der Waals surface area contributed by atoms with E-state index in [1.165, 1.54) is 12.8 Å². The normalized spacial score (nSPS) is 15.3. The number of rotatable bonds is 10. The van der Waals surface area contributed by atoms with Gasteiger partial charge < -0.3 is 20.1 Å². The zero-order chi connectivity index (χ0) is 17.9. The van der Waals surface area contributed by atoms with E-state index in [4.69, 9.17) is 9.47 Å². The highest BCUT2D eigenvalue weighted by molar-refractivity contribution is 5.91. The van der Waals surface area contributed by atoms with Crippen molar-refractivity contribution in [2.45, 2.75) is 46.1 Å². The number of benzene rings is 1. The summed E-state index contributed by atoms with van der Waals surface area (Å²) >= 11 is 0. The summed E-state index contributed by atoms with van der Waals surface area (Å²) in [6.45, 7) is 8.61. The third kappa shape index (κ3) is 7.14. The van der Waals surface area contributed by atoms with Crippen LogP contribution in [-0.4, -0.2) is 38.8 Å². The van der Waals surface area contributed by atoms with Crippen molar-refractivity contribution < 1.29 is 14.3 Å². The average Bonchev–Trinajstić information content (AvgIpc) is 2.63. The van der Waals surface area contributed by atoms with E-state index >= 15 is 0 Å². The highest BCUT2D eigenvalue weighted by atomic mass is 16.5. The fraction of sp³-hybridized carbons (Fsp3) is 0.650. The lowest BCUT2D eigenvalue weighted by atomic mass is 9.93. The van der Waals surface area contributed by atoms with E-state index in [-0.39, 0.29) is 5.91 Å². The highest BCUT2D eigenvalue weighted by Crippen LogP contribution is 2.22. The fourth-order valence-electron chi connectivity index (χ4n) is 3.14. The molecule has 0 saturated carbocycles. The maximum atomic E-state index is 12.3. The van der Waals surface area contributed by atoms with Gasteiger partial charge in [0.15, 0.2) is 0 Å². The molecule has 5 nitrogen and oxygen atoms in total. The standard InChI is InChI=1S/C20H32N2O3/c1-3-24-13-14-25-15-18-5-4-6-19(16(18)2)22-20(23)8-7-17-9-11-21-12-10-17/h4-6,17,21H,3,7-15H2,1-2H3,(H,22,23). The van der Waals surface area contributed by atoms with Crippen LogP contribution in [0.5, 0.6) is 0 Å². The molecule has 25 heavy (non-hydrogen) atoms. The molecule has 5 heteroatoms. The molecule has 2 N–H and O–H groups in total. The number of amides is 1. The number of carbonyl (C=O) groups excluding carboxylic acids is 1. The van der Waals surface area contributed by atoms with Crippen molar-refractivity contribution in [3.05, 3.63) is 29.3 Å². The van der Waals surface area contributed by atoms with Crippen LogP contribution in [0.2, 0.25) is 0 Å². The predicted octanol–water partition coefficient (Wildman–Crippen LogP) is 3.27. The second-order valence-corrected chi connectivity index (χ2v) is 6.62. The lowest BCUT2D eigenvalue weighted by Crippen LogP contribution is -2.28. The van der Waals surface area contributed by atoms with Gasteiger partial charge in [0.2, 0.25) is 5.91 Å². The van der Waals surface area contributed by atoms with Crippen molar-refractivity contribution in [3.63, 3.8) is 0 Å². The number of ether oxygens (including phenoxy) is 2. The van der Waals surface area contributed by atoms with Crippen LogP contribution in [0.4, 0.5) is 5.69 Å². The molecule has 1 fully saturated rings. The van der Waals surface area contributed by atoms with Crippen molar-refractivity contribution in [1.82, 2.24) is 5.32 Å². The number of carbonyl (C=O) groups is 1. The molecule has 1 aliphatic heterocycles. The Labute approximate surface area is 151 Å². The minimum atomic E-state index is 0.107. The lowest BCUT2D eigenvalue weighted by Gasteiger charge is -2.22. The minimum absolute atomic E-state index is 0.107. The molecule has 1 aliphatic rings. The van der Waals surface area contributed by atoms with Crippen LogP contribution in [0.15, 0.2) is 18.2 Å². The van der Waals surface area contributed by atoms with Crippen LogP contribution in [0.3, 0.4) is 0 Å². The van der Waals surface area contributed by atoms with Gasteiger partial charge in [-0.15, -0.1) is 0 Å². The van der Waals surface area contributed by atoms with Gasteiger partial charge in [-0.2, -0.15) is 0 Å². The van der Waals surface area contributed by atoms with Crippen LogP contribution in [0.1, 0.15) is 43.7 Å². The summed E-state index contributed by atoms with van der Waals surface area (Å²) in [6, 6.07) is 5.97. The molecule has 1 heterocycles. The first kappa shape index (κ1) is 19.9. The van der Waals surface area contributed by atoms with Gasteiger partial charge in [-0.1, -0.05) is 12.1 Å². The summed E-state index contributed by atoms with van der Waals surface area (Å²) in [6.07, 6.45) is 3.94. The predicted molar refractivity (Wildman–Crippen MR) is 101 cm³/mol. The molecule has 140 valence electrons. The van der Waals surface area contributed by atoms with Crippen LogP contribution >= 0.6 is 0 Å². The molecular formula is C20H32N2O3. The third-order valence-electron chi connectivity index (χ3n) is 4.79. The Hall–Kier alpha value is -1.43. The number of hydrogen-bond donors (Lipinski definition) is 2. The van der Waals surface area contributed by atoms with Crippen molar-refractivity contribution >= 4 is 11.6 Å². The van der Waals surface area contributed by atoms with Crippen LogP contribution in [0, 0.1) is 12.8 Å². The molecule has 1 saturated heterocycles. The smallest absolute Gasteiger partial charge is 0.224 e. The van der Waals surface area contributed by atoms with Crippen molar-refractivity contribution in [1.29, 1.82) is 0 Å². The molecule has 1 amide bonds. The fourth-order valence-corrected chi connectivity index (χ4v) is 3.14. The first-order chi connectivity index (χ1) is 12.2. The molecule has 0 aliphatic carbocycles. The molecule has 0 bridgehead atoms. The van der Waals surface area contributed by atoms with E-state index in [2.05, 4.69) is 10.6 Å². The van der Waals surface area contributed by atoms with Gasteiger partial charge in [-0.3, -0.25) is 4.79 Å². The van der Waals surface area contributed by atoms with Crippen LogP contribution in [-0.2, 0) is 20.9 Å². The summed E-state index contributed by atoms with van der Waals surface area (Å²) in [5.74, 6) is 0.786. The topological polar surface area (TPSA) is 59.6 Å². The van der Waals surface area contributed by atoms with Gasteiger partial charge in [0.1, 0.15) is 0 Å². The Morgan fingerprint density at radius 2 is 2.00 bits per heavy atom. The van der Waals surface area contributed by atoms with Crippen molar-refractivity contribution in [3.8, 4) is 0 Å². The van der Waals surface area contributed by atoms with Gasteiger partial charge in [-0.25, -0.2) is 0 Å². The Morgan fingerprint density at radius 1 is 1.24 bits per heavy atom. The third-order valence-corrected chi connectivity index (χ3v) is 4.79. The number of nitrogens with one attached hydrogen (secondary N) is 2. The van der Waals surface area contributed by atoms with Gasteiger partial charge in [0.25, 0.3) is 0 Å². The number of piperidine rings is 1. The molecule has 2 rings (SSSR count). The molecule has 0 atom stereocenters. The zero-order valence-electron chi connectivity index (χ0n) is 15.6. The lowest BCUT2D eigenvalue weighted by molar-refractivity contribution is -0.116. The maximum absolute atomic E-state index is 12.3. The van der Waals surface area contributed by atoms with Gasteiger partial charge in [-0.05, 0) is 69.3 Å². The van der Waals surface area contributed by atoms with Crippen molar-refractivity contribution in [2.75, 3.05) is 38.2 Å². The largest absolute Gasteiger partial charge is 0.379 e. The Bertz CT molecular complexity index is 528. The van der Waals surface area contributed by atoms with E-state index in [0.717, 1.165) is 36.3 Å². The summed E-state index contributed by atoms with van der Waals surface area (Å²) in [4.78, 5) is 12.3. The Balaban J connectivity index is 1.78. The first-order valence-electron chi connectivity index (χ1n) is 9.45. The van der Waals surface area contributed by atoms with Crippen molar-refractivity contribution in [2.24, 2.45) is 5.92 Å². The SMILES string of the molecule is CCOCCOCc1cccc(NC(=O)CCC2CCNCC2)c1C. The first-order valence-corrected chi connectivity index (χ1v) is 9.45. The minimum Gasteiger partial charge on any atom is -0.379 e. The van der Waals surface area contributed by atoms with E-state index in [1.807, 2.05) is 32.0 Å². The number of anilines is 1. The molecular weight excluding hydrogens is 316 g/mol. The Kier molecular flexibility index (Phi) is 8.94. The summed E-state index contributed by atoms with van der Waals surface area (Å²) in [5.41, 5.74) is 3.07. The van der Waals surface area contributed by atoms with E-state index in [0.29, 0.717) is 38.8 Å². The second-order valence-electron chi connectivity index (χ2n) is 6.62. The molecule has 0 aromatic heterocycles.